The number of pyridine rings is 1. The minimum atomic E-state index is -0.322. The Morgan fingerprint density at radius 1 is 0.929 bits per heavy atom. The summed E-state index contributed by atoms with van der Waals surface area (Å²) in [5, 5.41) is 3.13. The highest BCUT2D eigenvalue weighted by Gasteiger charge is 2.19. The fourth-order valence-electron chi connectivity index (χ4n) is 3.00. The molecule has 1 heterocycles. The van der Waals surface area contributed by atoms with E-state index >= 15 is 0 Å². The normalized spacial score (nSPS) is 11.6. The molecule has 0 fully saturated rings. The highest BCUT2D eigenvalue weighted by Crippen LogP contribution is 2.26. The van der Waals surface area contributed by atoms with Crippen molar-refractivity contribution in [2.24, 2.45) is 0 Å². The lowest BCUT2D eigenvalue weighted by molar-refractivity contribution is 0.0942. The Hall–Kier alpha value is -3.34. The number of hydrogen-bond donors (Lipinski definition) is 1. The van der Waals surface area contributed by atoms with E-state index in [-0.39, 0.29) is 11.9 Å². The predicted molar refractivity (Wildman–Crippen MR) is 109 cm³/mol. The van der Waals surface area contributed by atoms with Crippen molar-refractivity contribution in [1.29, 1.82) is 0 Å². The lowest BCUT2D eigenvalue weighted by Gasteiger charge is -2.21. The van der Waals surface area contributed by atoms with E-state index in [9.17, 15) is 4.79 Å². The van der Waals surface area contributed by atoms with Crippen molar-refractivity contribution < 1.29 is 14.3 Å². The molecule has 1 N–H and O–H groups in total. The second-order valence-electron chi connectivity index (χ2n) is 6.64. The molecule has 3 aromatic rings. The van der Waals surface area contributed by atoms with Crippen LogP contribution in [0.1, 0.15) is 38.7 Å². The third kappa shape index (κ3) is 4.31. The SMILES string of the molecule is COc1cc(OC)cc(C(=O)N[C@@H](c2cccnc2)c2ccc(C)c(C)c2)c1. The first-order valence-corrected chi connectivity index (χ1v) is 9.03. The van der Waals surface area contributed by atoms with E-state index in [1.54, 1.807) is 44.8 Å². The Morgan fingerprint density at radius 3 is 2.21 bits per heavy atom. The Labute approximate surface area is 165 Å². The highest BCUT2D eigenvalue weighted by atomic mass is 16.5. The maximum absolute atomic E-state index is 13.0. The van der Waals surface area contributed by atoms with E-state index in [0.29, 0.717) is 17.1 Å². The number of carbonyl (C=O) groups excluding carboxylic acids is 1. The number of rotatable bonds is 6. The number of amides is 1. The fraction of sp³-hybridized carbons (Fsp3) is 0.217. The van der Waals surface area contributed by atoms with Crippen LogP contribution in [0.5, 0.6) is 11.5 Å². The summed E-state index contributed by atoms with van der Waals surface area (Å²) in [4.78, 5) is 17.3. The van der Waals surface area contributed by atoms with E-state index in [0.717, 1.165) is 11.1 Å². The maximum Gasteiger partial charge on any atom is 0.252 e. The van der Waals surface area contributed by atoms with Gasteiger partial charge in [0.1, 0.15) is 11.5 Å². The number of aromatic nitrogens is 1. The van der Waals surface area contributed by atoms with Crippen molar-refractivity contribution in [1.82, 2.24) is 10.3 Å². The number of benzene rings is 2. The van der Waals surface area contributed by atoms with Crippen LogP contribution < -0.4 is 14.8 Å². The Kier molecular flexibility index (Phi) is 5.94. The van der Waals surface area contributed by atoms with Gasteiger partial charge in [0.15, 0.2) is 0 Å². The van der Waals surface area contributed by atoms with E-state index < -0.39 is 0 Å². The van der Waals surface area contributed by atoms with Crippen LogP contribution in [0.2, 0.25) is 0 Å². The average Bonchev–Trinajstić information content (AvgIpc) is 2.74. The molecule has 0 spiro atoms. The summed E-state index contributed by atoms with van der Waals surface area (Å²) < 4.78 is 10.6. The standard InChI is InChI=1S/C23H24N2O3/c1-15-7-8-17(10-16(15)2)22(18-6-5-9-24-14-18)25-23(26)19-11-20(27-3)13-21(12-19)28-4/h5-14,22H,1-4H3,(H,25,26)/t22-/m1/s1. The lowest BCUT2D eigenvalue weighted by Crippen LogP contribution is -2.29. The summed E-state index contributed by atoms with van der Waals surface area (Å²) in [7, 11) is 3.12. The van der Waals surface area contributed by atoms with Crippen molar-refractivity contribution in [3.05, 3.63) is 88.7 Å². The number of methoxy groups -OCH3 is 2. The zero-order valence-corrected chi connectivity index (χ0v) is 16.5. The van der Waals surface area contributed by atoms with Crippen molar-refractivity contribution >= 4 is 5.91 Å². The molecule has 0 aliphatic carbocycles. The van der Waals surface area contributed by atoms with Gasteiger partial charge in [0.25, 0.3) is 5.91 Å². The van der Waals surface area contributed by atoms with Crippen molar-refractivity contribution in [2.45, 2.75) is 19.9 Å². The fourth-order valence-corrected chi connectivity index (χ4v) is 3.00. The molecule has 1 amide bonds. The average molecular weight is 376 g/mol. The highest BCUT2D eigenvalue weighted by molar-refractivity contribution is 5.95. The monoisotopic (exact) mass is 376 g/mol. The summed E-state index contributed by atoms with van der Waals surface area (Å²) in [5.41, 5.74) is 4.75. The largest absolute Gasteiger partial charge is 0.497 e. The number of nitrogens with one attached hydrogen (secondary N) is 1. The van der Waals surface area contributed by atoms with Gasteiger partial charge in [0, 0.05) is 24.0 Å². The third-order valence-corrected chi connectivity index (χ3v) is 4.77. The van der Waals surface area contributed by atoms with Crippen LogP contribution >= 0.6 is 0 Å². The van der Waals surface area contributed by atoms with Gasteiger partial charge in [-0.05, 0) is 54.3 Å². The first kappa shape index (κ1) is 19.4. The minimum absolute atomic E-state index is 0.218. The molecule has 0 aliphatic rings. The molecule has 0 bridgehead atoms. The molecule has 5 heteroatoms. The first-order valence-electron chi connectivity index (χ1n) is 9.03. The van der Waals surface area contributed by atoms with Gasteiger partial charge >= 0.3 is 0 Å². The number of ether oxygens (including phenoxy) is 2. The Bertz CT molecular complexity index is 949. The molecular formula is C23H24N2O3. The molecule has 0 saturated heterocycles. The van der Waals surface area contributed by atoms with Gasteiger partial charge in [-0.15, -0.1) is 0 Å². The van der Waals surface area contributed by atoms with Gasteiger partial charge in [0.05, 0.1) is 20.3 Å². The van der Waals surface area contributed by atoms with Gasteiger partial charge in [0.2, 0.25) is 0 Å². The molecule has 5 nitrogen and oxygen atoms in total. The van der Waals surface area contributed by atoms with Crippen LogP contribution in [0.3, 0.4) is 0 Å². The maximum atomic E-state index is 13.0. The molecule has 0 unspecified atom stereocenters. The van der Waals surface area contributed by atoms with E-state index in [4.69, 9.17) is 9.47 Å². The molecule has 3 rings (SSSR count). The second-order valence-corrected chi connectivity index (χ2v) is 6.64. The molecule has 0 saturated carbocycles. The second kappa shape index (κ2) is 8.57. The summed E-state index contributed by atoms with van der Waals surface area (Å²) in [6.07, 6.45) is 3.49. The lowest BCUT2D eigenvalue weighted by atomic mass is 9.96. The third-order valence-electron chi connectivity index (χ3n) is 4.77. The Balaban J connectivity index is 1.98. The van der Waals surface area contributed by atoms with E-state index in [2.05, 4.69) is 36.3 Å². The van der Waals surface area contributed by atoms with Crippen molar-refractivity contribution in [3.63, 3.8) is 0 Å². The van der Waals surface area contributed by atoms with Crippen molar-refractivity contribution in [2.75, 3.05) is 14.2 Å². The molecule has 2 aromatic carbocycles. The molecule has 144 valence electrons. The zero-order valence-electron chi connectivity index (χ0n) is 16.5. The molecule has 0 aliphatic heterocycles. The van der Waals surface area contributed by atoms with Gasteiger partial charge in [-0.3, -0.25) is 9.78 Å². The van der Waals surface area contributed by atoms with Gasteiger partial charge in [-0.25, -0.2) is 0 Å². The van der Waals surface area contributed by atoms with Crippen LogP contribution in [-0.2, 0) is 0 Å². The smallest absolute Gasteiger partial charge is 0.252 e. The van der Waals surface area contributed by atoms with Gasteiger partial charge in [-0.2, -0.15) is 0 Å². The summed E-state index contributed by atoms with van der Waals surface area (Å²) >= 11 is 0. The molecule has 1 aromatic heterocycles. The number of carbonyl (C=O) groups is 1. The molecule has 0 radical (unpaired) electrons. The minimum Gasteiger partial charge on any atom is -0.497 e. The predicted octanol–water partition coefficient (Wildman–Crippen LogP) is 4.24. The summed E-state index contributed by atoms with van der Waals surface area (Å²) in [6.45, 7) is 4.13. The van der Waals surface area contributed by atoms with Gasteiger partial charge < -0.3 is 14.8 Å². The van der Waals surface area contributed by atoms with Crippen LogP contribution in [0.15, 0.2) is 60.9 Å². The number of hydrogen-bond acceptors (Lipinski definition) is 4. The number of nitrogens with zero attached hydrogens (tertiary/aromatic N) is 1. The van der Waals surface area contributed by atoms with Crippen LogP contribution in [0.25, 0.3) is 0 Å². The first-order chi connectivity index (χ1) is 13.5. The van der Waals surface area contributed by atoms with Crippen LogP contribution in [-0.4, -0.2) is 25.1 Å². The van der Waals surface area contributed by atoms with Crippen LogP contribution in [0.4, 0.5) is 0 Å². The summed E-state index contributed by atoms with van der Waals surface area (Å²) in [5.74, 6) is 0.909. The molecule has 1 atom stereocenters. The van der Waals surface area contributed by atoms with Crippen molar-refractivity contribution in [3.8, 4) is 11.5 Å². The quantitative estimate of drug-likeness (QED) is 0.699. The topological polar surface area (TPSA) is 60.5 Å². The summed E-state index contributed by atoms with van der Waals surface area (Å²) in [6, 6.07) is 14.8. The van der Waals surface area contributed by atoms with E-state index in [1.165, 1.54) is 11.1 Å². The zero-order chi connectivity index (χ0) is 20.1. The van der Waals surface area contributed by atoms with Crippen LogP contribution in [0, 0.1) is 13.8 Å². The van der Waals surface area contributed by atoms with Gasteiger partial charge in [-0.1, -0.05) is 24.3 Å². The Morgan fingerprint density at radius 2 is 1.64 bits per heavy atom. The number of aryl methyl sites for hydroxylation is 2. The van der Waals surface area contributed by atoms with E-state index in [1.807, 2.05) is 18.2 Å². The molecular weight excluding hydrogens is 352 g/mol. The molecule has 28 heavy (non-hydrogen) atoms.